The van der Waals surface area contributed by atoms with Gasteiger partial charge in [-0.15, -0.1) is 0 Å². The van der Waals surface area contributed by atoms with Crippen LogP contribution in [0.4, 0.5) is 15.9 Å². The Kier molecular flexibility index (Phi) is 8.79. The SMILES string of the molecule is COC1CCN(c2cccc3c2CCN(C(=O)c2cnn(-c4cccc(Cl)c4F)c2N)[C@@H]3C(=O)Cc2ccc(C(=O)O)cc2)CC1. The van der Waals surface area contributed by atoms with Gasteiger partial charge in [0, 0.05) is 38.9 Å². The van der Waals surface area contributed by atoms with Crippen molar-refractivity contribution >= 4 is 40.8 Å². The summed E-state index contributed by atoms with van der Waals surface area (Å²) in [6.45, 7) is 1.85. The maximum absolute atomic E-state index is 14.8. The van der Waals surface area contributed by atoms with Crippen LogP contribution in [-0.4, -0.2) is 70.3 Å². The minimum atomic E-state index is -1.06. The molecule has 0 bridgehead atoms. The summed E-state index contributed by atoms with van der Waals surface area (Å²) in [5.74, 6) is -2.62. The molecule has 3 heterocycles. The number of carboxylic acid groups (broad SMARTS) is 1. The molecule has 2 aliphatic rings. The summed E-state index contributed by atoms with van der Waals surface area (Å²) in [6, 6.07) is 15.4. The van der Waals surface area contributed by atoms with Crippen molar-refractivity contribution in [2.24, 2.45) is 0 Å². The average Bonchev–Trinajstić information content (AvgIpc) is 3.45. The van der Waals surface area contributed by atoms with Crippen LogP contribution < -0.4 is 10.6 Å². The molecule has 46 heavy (non-hydrogen) atoms. The lowest BCUT2D eigenvalue weighted by Gasteiger charge is -2.40. The van der Waals surface area contributed by atoms with Crippen molar-refractivity contribution in [1.82, 2.24) is 14.7 Å². The van der Waals surface area contributed by atoms with Gasteiger partial charge in [0.15, 0.2) is 11.6 Å². The molecular weight excluding hydrogens is 613 g/mol. The quantitative estimate of drug-likeness (QED) is 0.270. The number of aromatic carboxylic acids is 1. The lowest BCUT2D eigenvalue weighted by atomic mass is 9.86. The molecule has 4 aromatic rings. The van der Waals surface area contributed by atoms with Gasteiger partial charge in [-0.05, 0) is 66.3 Å². The number of nitrogens with two attached hydrogens (primary N) is 1. The van der Waals surface area contributed by atoms with Crippen molar-refractivity contribution < 1.29 is 28.6 Å². The number of nitrogens with zero attached hydrogens (tertiary/aromatic N) is 4. The number of aromatic nitrogens is 2. The third-order valence-corrected chi connectivity index (χ3v) is 9.15. The first-order chi connectivity index (χ1) is 22.2. The van der Waals surface area contributed by atoms with E-state index in [0.29, 0.717) is 12.0 Å². The number of ether oxygens (including phenoxy) is 1. The molecule has 0 aliphatic carbocycles. The van der Waals surface area contributed by atoms with E-state index < -0.39 is 23.7 Å². The van der Waals surface area contributed by atoms with Crippen LogP contribution >= 0.6 is 11.6 Å². The number of carbonyl (C=O) groups excluding carboxylic acids is 2. The average molecular weight is 646 g/mol. The first-order valence-corrected chi connectivity index (χ1v) is 15.4. The van der Waals surface area contributed by atoms with Gasteiger partial charge in [0.05, 0.1) is 22.9 Å². The molecule has 1 atom stereocenters. The molecule has 1 saturated heterocycles. The maximum atomic E-state index is 14.8. The number of methoxy groups -OCH3 is 1. The number of hydrogen-bond acceptors (Lipinski definition) is 7. The molecule has 0 radical (unpaired) electrons. The Morgan fingerprint density at radius 1 is 1.02 bits per heavy atom. The molecule has 3 aromatic carbocycles. The van der Waals surface area contributed by atoms with Crippen LogP contribution in [-0.2, 0) is 22.4 Å². The second kappa shape index (κ2) is 12.9. The largest absolute Gasteiger partial charge is 0.478 e. The van der Waals surface area contributed by atoms with Crippen molar-refractivity contribution in [1.29, 1.82) is 0 Å². The van der Waals surface area contributed by atoms with Gasteiger partial charge in [0.25, 0.3) is 5.91 Å². The Labute approximate surface area is 270 Å². The fourth-order valence-electron chi connectivity index (χ4n) is 6.43. The Morgan fingerprint density at radius 2 is 1.72 bits per heavy atom. The van der Waals surface area contributed by atoms with Gasteiger partial charge in [-0.2, -0.15) is 5.10 Å². The second-order valence-corrected chi connectivity index (χ2v) is 11.9. The monoisotopic (exact) mass is 645 g/mol. The maximum Gasteiger partial charge on any atom is 0.335 e. The number of Topliss-reactive ketones (excluding diaryl/α,β-unsaturated/α-hetero) is 1. The number of hydrogen-bond donors (Lipinski definition) is 2. The van der Waals surface area contributed by atoms with E-state index in [9.17, 15) is 23.9 Å². The first-order valence-electron chi connectivity index (χ1n) is 15.0. The highest BCUT2D eigenvalue weighted by molar-refractivity contribution is 6.30. The Morgan fingerprint density at radius 3 is 2.41 bits per heavy atom. The van der Waals surface area contributed by atoms with Crippen molar-refractivity contribution in [3.63, 3.8) is 0 Å². The van der Waals surface area contributed by atoms with E-state index in [-0.39, 0.29) is 52.5 Å². The van der Waals surface area contributed by atoms with Crippen molar-refractivity contribution in [2.75, 3.05) is 37.4 Å². The predicted octanol–water partition coefficient (Wildman–Crippen LogP) is 5.11. The summed E-state index contributed by atoms with van der Waals surface area (Å²) in [5, 5.41) is 13.4. The summed E-state index contributed by atoms with van der Waals surface area (Å²) in [5.41, 5.74) is 9.90. The number of benzene rings is 3. The molecule has 2 aliphatic heterocycles. The van der Waals surface area contributed by atoms with E-state index >= 15 is 0 Å². The lowest BCUT2D eigenvalue weighted by molar-refractivity contribution is -0.123. The highest BCUT2D eigenvalue weighted by atomic mass is 35.5. The Balaban J connectivity index is 1.37. The number of ketones is 1. The van der Waals surface area contributed by atoms with Gasteiger partial charge in [0.2, 0.25) is 0 Å². The molecule has 3 N–H and O–H groups in total. The fraction of sp³-hybridized carbons (Fsp3) is 0.294. The number of fused-ring (bicyclic) bond motifs is 1. The number of anilines is 2. The van der Waals surface area contributed by atoms with Crippen molar-refractivity contribution in [3.8, 4) is 5.69 Å². The number of carboxylic acids is 1. The molecule has 0 spiro atoms. The normalized spacial score (nSPS) is 16.7. The highest BCUT2D eigenvalue weighted by Gasteiger charge is 2.39. The number of halogens is 2. The van der Waals surface area contributed by atoms with Gasteiger partial charge in [-0.1, -0.05) is 41.9 Å². The number of piperidine rings is 1. The standard InChI is InChI=1S/C34H33ClFN5O5/c1-46-22-12-15-39(16-13-22)27-6-2-4-24-23(27)14-17-40(31(24)29(42)18-20-8-10-21(11-9-20)34(44)45)33(43)25-19-38-41(32(25)37)28-7-3-5-26(35)30(28)36/h2-11,19,22,31H,12-18,37H2,1H3,(H,44,45)/t31-/m0/s1. The van der Waals surface area contributed by atoms with Gasteiger partial charge in [-0.25, -0.2) is 13.9 Å². The van der Waals surface area contributed by atoms with Crippen LogP contribution in [0.5, 0.6) is 0 Å². The summed E-state index contributed by atoms with van der Waals surface area (Å²) >= 11 is 5.97. The number of nitrogen functional groups attached to an aromatic ring is 1. The van der Waals surface area contributed by atoms with Gasteiger partial charge in [-0.3, -0.25) is 9.59 Å². The summed E-state index contributed by atoms with van der Waals surface area (Å²) < 4.78 is 21.5. The Bertz CT molecular complexity index is 1800. The second-order valence-electron chi connectivity index (χ2n) is 11.5. The molecule has 1 aromatic heterocycles. The van der Waals surface area contributed by atoms with E-state index in [1.54, 1.807) is 25.3 Å². The van der Waals surface area contributed by atoms with E-state index in [0.717, 1.165) is 47.4 Å². The molecule has 1 amide bonds. The highest BCUT2D eigenvalue weighted by Crippen LogP contribution is 2.39. The zero-order valence-corrected chi connectivity index (χ0v) is 25.9. The van der Waals surface area contributed by atoms with Gasteiger partial charge < -0.3 is 25.4 Å². The van der Waals surface area contributed by atoms with Crippen molar-refractivity contribution in [2.45, 2.75) is 37.8 Å². The zero-order chi connectivity index (χ0) is 32.5. The van der Waals surface area contributed by atoms with E-state index in [1.165, 1.54) is 35.4 Å². The minimum Gasteiger partial charge on any atom is -0.478 e. The number of amides is 1. The van der Waals surface area contributed by atoms with E-state index in [2.05, 4.69) is 16.1 Å². The summed E-state index contributed by atoms with van der Waals surface area (Å²) in [6.07, 6.45) is 3.73. The van der Waals surface area contributed by atoms with E-state index in [1.807, 2.05) is 12.1 Å². The number of rotatable bonds is 8. The van der Waals surface area contributed by atoms with Crippen LogP contribution in [0.3, 0.4) is 0 Å². The predicted molar refractivity (Wildman–Crippen MR) is 171 cm³/mol. The molecule has 238 valence electrons. The third kappa shape index (κ3) is 5.83. The molecule has 12 heteroatoms. The topological polar surface area (TPSA) is 131 Å². The van der Waals surface area contributed by atoms with Crippen LogP contribution in [0.2, 0.25) is 5.02 Å². The molecule has 1 fully saturated rings. The van der Waals surface area contributed by atoms with Gasteiger partial charge >= 0.3 is 5.97 Å². The first kappa shape index (κ1) is 31.3. The van der Waals surface area contributed by atoms with Crippen LogP contribution in [0.15, 0.2) is 66.9 Å². The zero-order valence-electron chi connectivity index (χ0n) is 25.2. The van der Waals surface area contributed by atoms with Crippen molar-refractivity contribution in [3.05, 3.63) is 106 Å². The van der Waals surface area contributed by atoms with Crippen LogP contribution in [0.1, 0.15) is 56.3 Å². The molecule has 10 nitrogen and oxygen atoms in total. The smallest absolute Gasteiger partial charge is 0.335 e. The fourth-order valence-corrected chi connectivity index (χ4v) is 6.60. The lowest BCUT2D eigenvalue weighted by Crippen LogP contribution is -2.45. The number of carbonyl (C=O) groups is 3. The minimum absolute atomic E-state index is 0.00707. The van der Waals surface area contributed by atoms with E-state index in [4.69, 9.17) is 22.1 Å². The molecular formula is C34H33ClFN5O5. The molecule has 0 unspecified atom stereocenters. The summed E-state index contributed by atoms with van der Waals surface area (Å²) in [7, 11) is 1.73. The molecule has 0 saturated carbocycles. The van der Waals surface area contributed by atoms with Gasteiger partial charge in [0.1, 0.15) is 23.1 Å². The van der Waals surface area contributed by atoms with Crippen LogP contribution in [0.25, 0.3) is 5.69 Å². The third-order valence-electron chi connectivity index (χ3n) is 8.85. The summed E-state index contributed by atoms with van der Waals surface area (Å²) in [4.78, 5) is 43.6. The van der Waals surface area contributed by atoms with Crippen LogP contribution in [0, 0.1) is 5.82 Å². The molecule has 6 rings (SSSR count). The Hall–Kier alpha value is -4.74.